The first-order valence-electron chi connectivity index (χ1n) is 8.00. The number of carbonyl (C=O) groups is 2. The summed E-state index contributed by atoms with van der Waals surface area (Å²) in [6.07, 6.45) is 0.348. The SMILES string of the molecule is CC(NC(=O)CCCOc1cccc(F)c1)(C(=O)O)c1ccc(F)cc1. The molecular formula is C19H19F2NO4. The summed E-state index contributed by atoms with van der Waals surface area (Å²) in [5.41, 5.74) is -1.41. The van der Waals surface area contributed by atoms with Gasteiger partial charge < -0.3 is 15.2 Å². The summed E-state index contributed by atoms with van der Waals surface area (Å²) in [4.78, 5) is 23.7. The molecule has 2 rings (SSSR count). The van der Waals surface area contributed by atoms with E-state index in [1.165, 1.54) is 37.3 Å². The summed E-state index contributed by atoms with van der Waals surface area (Å²) in [5.74, 6) is -2.30. The molecule has 0 saturated carbocycles. The topological polar surface area (TPSA) is 75.6 Å². The van der Waals surface area contributed by atoms with E-state index < -0.39 is 29.0 Å². The van der Waals surface area contributed by atoms with Crippen molar-refractivity contribution >= 4 is 11.9 Å². The van der Waals surface area contributed by atoms with E-state index in [2.05, 4.69) is 5.32 Å². The van der Waals surface area contributed by atoms with Crippen LogP contribution in [0.5, 0.6) is 5.75 Å². The fourth-order valence-electron chi connectivity index (χ4n) is 2.35. The van der Waals surface area contributed by atoms with E-state index in [0.29, 0.717) is 12.2 Å². The molecule has 5 nitrogen and oxygen atoms in total. The lowest BCUT2D eigenvalue weighted by molar-refractivity contribution is -0.147. The van der Waals surface area contributed by atoms with E-state index in [1.54, 1.807) is 6.07 Å². The number of aliphatic carboxylic acids is 1. The third-order valence-corrected chi connectivity index (χ3v) is 3.85. The van der Waals surface area contributed by atoms with Crippen molar-refractivity contribution in [1.82, 2.24) is 5.32 Å². The zero-order valence-electron chi connectivity index (χ0n) is 14.2. The molecule has 0 aromatic heterocycles. The van der Waals surface area contributed by atoms with E-state index in [-0.39, 0.29) is 18.6 Å². The summed E-state index contributed by atoms with van der Waals surface area (Å²) in [6, 6.07) is 10.5. The molecule has 138 valence electrons. The van der Waals surface area contributed by atoms with Crippen molar-refractivity contribution < 1.29 is 28.2 Å². The molecule has 0 aliphatic rings. The molecule has 1 amide bonds. The third-order valence-electron chi connectivity index (χ3n) is 3.85. The molecule has 0 aliphatic carbocycles. The zero-order chi connectivity index (χ0) is 19.2. The van der Waals surface area contributed by atoms with E-state index >= 15 is 0 Å². The Morgan fingerprint density at radius 2 is 1.81 bits per heavy atom. The van der Waals surface area contributed by atoms with Gasteiger partial charge in [0, 0.05) is 12.5 Å². The van der Waals surface area contributed by atoms with Crippen LogP contribution in [0.2, 0.25) is 0 Å². The number of hydrogen-bond donors (Lipinski definition) is 2. The van der Waals surface area contributed by atoms with Gasteiger partial charge in [0.05, 0.1) is 6.61 Å². The van der Waals surface area contributed by atoms with Crippen molar-refractivity contribution in [1.29, 1.82) is 0 Å². The quantitative estimate of drug-likeness (QED) is 0.706. The normalized spacial score (nSPS) is 12.9. The summed E-state index contributed by atoms with van der Waals surface area (Å²) >= 11 is 0. The molecule has 0 spiro atoms. The molecule has 0 bridgehead atoms. The van der Waals surface area contributed by atoms with Gasteiger partial charge in [-0.2, -0.15) is 0 Å². The van der Waals surface area contributed by atoms with Gasteiger partial charge in [-0.25, -0.2) is 13.6 Å². The molecule has 7 heteroatoms. The zero-order valence-corrected chi connectivity index (χ0v) is 14.2. The van der Waals surface area contributed by atoms with Gasteiger partial charge in [0.1, 0.15) is 17.4 Å². The molecule has 2 N–H and O–H groups in total. The Hall–Kier alpha value is -2.96. The molecule has 2 aromatic rings. The summed E-state index contributed by atoms with van der Waals surface area (Å²) in [5, 5.41) is 11.9. The number of rotatable bonds is 8. The molecule has 0 heterocycles. The number of ether oxygens (including phenoxy) is 1. The molecule has 0 aliphatic heterocycles. The Morgan fingerprint density at radius 3 is 2.42 bits per heavy atom. The number of halogens is 2. The Morgan fingerprint density at radius 1 is 1.12 bits per heavy atom. The van der Waals surface area contributed by atoms with Gasteiger partial charge in [0.15, 0.2) is 5.54 Å². The van der Waals surface area contributed by atoms with Gasteiger partial charge in [0.2, 0.25) is 5.91 Å². The third kappa shape index (κ3) is 5.02. The highest BCUT2D eigenvalue weighted by molar-refractivity contribution is 5.87. The van der Waals surface area contributed by atoms with Gasteiger partial charge in [-0.1, -0.05) is 18.2 Å². The lowest BCUT2D eigenvalue weighted by Crippen LogP contribution is -2.49. The lowest BCUT2D eigenvalue weighted by atomic mass is 9.91. The van der Waals surface area contributed by atoms with E-state index in [9.17, 15) is 23.5 Å². The van der Waals surface area contributed by atoms with Crippen LogP contribution < -0.4 is 10.1 Å². The van der Waals surface area contributed by atoms with E-state index in [4.69, 9.17) is 4.74 Å². The van der Waals surface area contributed by atoms with Gasteiger partial charge >= 0.3 is 5.97 Å². The van der Waals surface area contributed by atoms with Crippen molar-refractivity contribution in [2.45, 2.75) is 25.3 Å². The number of hydrogen-bond acceptors (Lipinski definition) is 3. The van der Waals surface area contributed by atoms with Crippen molar-refractivity contribution in [3.8, 4) is 5.75 Å². The number of carboxylic acid groups (broad SMARTS) is 1. The van der Waals surface area contributed by atoms with Crippen LogP contribution in [0.15, 0.2) is 48.5 Å². The summed E-state index contributed by atoms with van der Waals surface area (Å²) in [6.45, 7) is 1.51. The molecule has 1 atom stereocenters. The Bertz CT molecular complexity index is 779. The predicted molar refractivity (Wildman–Crippen MR) is 90.7 cm³/mol. The fraction of sp³-hybridized carbons (Fsp3) is 0.263. The average molecular weight is 363 g/mol. The Balaban J connectivity index is 1.89. The Kier molecular flexibility index (Phi) is 6.27. The average Bonchev–Trinajstić information content (AvgIpc) is 2.59. The van der Waals surface area contributed by atoms with Crippen LogP contribution >= 0.6 is 0 Å². The molecule has 0 saturated heterocycles. The highest BCUT2D eigenvalue weighted by Gasteiger charge is 2.36. The van der Waals surface area contributed by atoms with Crippen LogP contribution in [0.25, 0.3) is 0 Å². The van der Waals surface area contributed by atoms with Crippen LogP contribution in [0.4, 0.5) is 8.78 Å². The van der Waals surface area contributed by atoms with Crippen LogP contribution in [0, 0.1) is 11.6 Å². The first-order valence-corrected chi connectivity index (χ1v) is 8.00. The molecule has 0 fully saturated rings. The van der Waals surface area contributed by atoms with Crippen LogP contribution in [-0.4, -0.2) is 23.6 Å². The van der Waals surface area contributed by atoms with Crippen molar-refractivity contribution in [2.24, 2.45) is 0 Å². The number of nitrogens with one attached hydrogen (secondary N) is 1. The second-order valence-corrected chi connectivity index (χ2v) is 5.89. The van der Waals surface area contributed by atoms with Crippen LogP contribution in [0.1, 0.15) is 25.3 Å². The van der Waals surface area contributed by atoms with E-state index in [0.717, 1.165) is 12.1 Å². The highest BCUT2D eigenvalue weighted by atomic mass is 19.1. The smallest absolute Gasteiger partial charge is 0.333 e. The van der Waals surface area contributed by atoms with Gasteiger partial charge in [-0.15, -0.1) is 0 Å². The highest BCUT2D eigenvalue weighted by Crippen LogP contribution is 2.22. The minimum atomic E-state index is -1.67. The van der Waals surface area contributed by atoms with Crippen molar-refractivity contribution in [3.63, 3.8) is 0 Å². The standard InChI is InChI=1S/C19H19F2NO4/c1-19(18(24)25,13-7-9-14(20)10-8-13)22-17(23)6-3-11-26-16-5-2-4-15(21)12-16/h2,4-5,7-10,12H,3,6,11H2,1H3,(H,22,23)(H,24,25). The maximum atomic E-state index is 13.0. The number of carbonyl (C=O) groups excluding carboxylic acids is 1. The van der Waals surface area contributed by atoms with Crippen LogP contribution in [0.3, 0.4) is 0 Å². The molecular weight excluding hydrogens is 344 g/mol. The molecule has 26 heavy (non-hydrogen) atoms. The lowest BCUT2D eigenvalue weighted by Gasteiger charge is -2.27. The summed E-state index contributed by atoms with van der Waals surface area (Å²) in [7, 11) is 0. The first-order chi connectivity index (χ1) is 12.3. The predicted octanol–water partition coefficient (Wildman–Crippen LogP) is 3.24. The maximum absolute atomic E-state index is 13.0. The molecule has 2 aromatic carbocycles. The Labute approximate surface area is 149 Å². The van der Waals surface area contributed by atoms with Crippen molar-refractivity contribution in [3.05, 3.63) is 65.7 Å². The number of benzene rings is 2. The number of carboxylic acids is 1. The second kappa shape index (κ2) is 8.42. The van der Waals surface area contributed by atoms with Gasteiger partial charge in [0.25, 0.3) is 0 Å². The minimum absolute atomic E-state index is 0.0272. The maximum Gasteiger partial charge on any atom is 0.333 e. The largest absolute Gasteiger partial charge is 0.493 e. The van der Waals surface area contributed by atoms with Crippen LogP contribution in [-0.2, 0) is 15.1 Å². The molecule has 1 unspecified atom stereocenters. The van der Waals surface area contributed by atoms with Gasteiger partial charge in [-0.3, -0.25) is 4.79 Å². The van der Waals surface area contributed by atoms with Crippen molar-refractivity contribution in [2.75, 3.05) is 6.61 Å². The van der Waals surface area contributed by atoms with E-state index in [1.807, 2.05) is 0 Å². The molecule has 0 radical (unpaired) electrons. The monoisotopic (exact) mass is 363 g/mol. The van der Waals surface area contributed by atoms with Gasteiger partial charge in [-0.05, 0) is 43.2 Å². The first kappa shape index (κ1) is 19.4. The summed E-state index contributed by atoms with van der Waals surface area (Å²) < 4.78 is 31.4. The minimum Gasteiger partial charge on any atom is -0.493 e. The second-order valence-electron chi connectivity index (χ2n) is 5.89. The number of amides is 1. The fourth-order valence-corrected chi connectivity index (χ4v) is 2.35.